The third-order valence-corrected chi connectivity index (χ3v) is 2.06. The number of carbonyl (C=O) groups is 1. The van der Waals surface area contributed by atoms with Crippen molar-refractivity contribution in [3.63, 3.8) is 0 Å². The van der Waals surface area contributed by atoms with Gasteiger partial charge in [-0.1, -0.05) is 0 Å². The van der Waals surface area contributed by atoms with Crippen LogP contribution in [0, 0.1) is 0 Å². The number of carboxylic acids is 1. The summed E-state index contributed by atoms with van der Waals surface area (Å²) >= 11 is 0. The van der Waals surface area contributed by atoms with E-state index in [1.165, 1.54) is 36.4 Å². The molecule has 82 valence electrons. The molecular weight excluding hydrogens is 210 g/mol. The van der Waals surface area contributed by atoms with E-state index in [0.29, 0.717) is 11.4 Å². The molecular formula is C10H9N3O3. The Morgan fingerprint density at radius 1 is 1.38 bits per heavy atom. The first kappa shape index (κ1) is 10.2. The summed E-state index contributed by atoms with van der Waals surface area (Å²) in [7, 11) is 1.47. The second-order valence-corrected chi connectivity index (χ2v) is 3.01. The van der Waals surface area contributed by atoms with Gasteiger partial charge < -0.3 is 9.84 Å². The van der Waals surface area contributed by atoms with Crippen molar-refractivity contribution in [2.75, 3.05) is 7.11 Å². The fourth-order valence-corrected chi connectivity index (χ4v) is 1.32. The number of rotatable bonds is 3. The van der Waals surface area contributed by atoms with Crippen molar-refractivity contribution < 1.29 is 14.6 Å². The molecule has 0 radical (unpaired) electrons. The molecule has 6 heteroatoms. The SMILES string of the molecule is COc1cc(C(=O)O)ccc1-n1nccn1. The van der Waals surface area contributed by atoms with Crippen molar-refractivity contribution in [3.05, 3.63) is 36.2 Å². The van der Waals surface area contributed by atoms with Gasteiger partial charge in [0.1, 0.15) is 11.4 Å². The Morgan fingerprint density at radius 3 is 2.62 bits per heavy atom. The smallest absolute Gasteiger partial charge is 0.335 e. The summed E-state index contributed by atoms with van der Waals surface area (Å²) in [6.07, 6.45) is 3.06. The number of methoxy groups -OCH3 is 1. The number of hydrogen-bond donors (Lipinski definition) is 1. The van der Waals surface area contributed by atoms with Crippen LogP contribution < -0.4 is 4.74 Å². The summed E-state index contributed by atoms with van der Waals surface area (Å²) in [5.41, 5.74) is 0.755. The number of hydrogen-bond acceptors (Lipinski definition) is 4. The Bertz CT molecular complexity index is 508. The molecule has 16 heavy (non-hydrogen) atoms. The van der Waals surface area contributed by atoms with Crippen molar-refractivity contribution in [2.24, 2.45) is 0 Å². The molecule has 0 aliphatic carbocycles. The maximum absolute atomic E-state index is 10.8. The lowest BCUT2D eigenvalue weighted by molar-refractivity contribution is 0.0696. The third-order valence-electron chi connectivity index (χ3n) is 2.06. The highest BCUT2D eigenvalue weighted by molar-refractivity contribution is 5.88. The van der Waals surface area contributed by atoms with Crippen LogP contribution in [-0.4, -0.2) is 33.2 Å². The lowest BCUT2D eigenvalue weighted by atomic mass is 10.2. The number of benzene rings is 1. The number of aromatic carboxylic acids is 1. The van der Waals surface area contributed by atoms with Gasteiger partial charge in [0.15, 0.2) is 0 Å². The van der Waals surface area contributed by atoms with Crippen molar-refractivity contribution in [1.82, 2.24) is 15.0 Å². The van der Waals surface area contributed by atoms with Crippen LogP contribution in [0.5, 0.6) is 5.75 Å². The Morgan fingerprint density at radius 2 is 2.06 bits per heavy atom. The normalized spacial score (nSPS) is 10.1. The zero-order valence-electron chi connectivity index (χ0n) is 8.49. The maximum Gasteiger partial charge on any atom is 0.335 e. The average Bonchev–Trinajstić information content (AvgIpc) is 2.81. The van der Waals surface area contributed by atoms with E-state index in [1.54, 1.807) is 6.07 Å². The second-order valence-electron chi connectivity index (χ2n) is 3.01. The van der Waals surface area contributed by atoms with E-state index in [2.05, 4.69) is 10.2 Å². The summed E-state index contributed by atoms with van der Waals surface area (Å²) in [5.74, 6) is -0.589. The van der Waals surface area contributed by atoms with Crippen molar-refractivity contribution in [1.29, 1.82) is 0 Å². The van der Waals surface area contributed by atoms with Gasteiger partial charge in [0.2, 0.25) is 0 Å². The van der Waals surface area contributed by atoms with Crippen LogP contribution in [0.3, 0.4) is 0 Å². The van der Waals surface area contributed by atoms with E-state index in [-0.39, 0.29) is 5.56 Å². The minimum Gasteiger partial charge on any atom is -0.494 e. The van der Waals surface area contributed by atoms with Crippen LogP contribution in [0.1, 0.15) is 10.4 Å². The molecule has 1 N–H and O–H groups in total. The van der Waals surface area contributed by atoms with Gasteiger partial charge >= 0.3 is 5.97 Å². The summed E-state index contributed by atoms with van der Waals surface area (Å²) in [6, 6.07) is 4.51. The summed E-state index contributed by atoms with van der Waals surface area (Å²) in [4.78, 5) is 12.1. The zero-order valence-corrected chi connectivity index (χ0v) is 8.49. The van der Waals surface area contributed by atoms with Gasteiger partial charge in [-0.25, -0.2) is 4.79 Å². The van der Waals surface area contributed by atoms with Crippen LogP contribution in [0.4, 0.5) is 0 Å². The molecule has 2 rings (SSSR count). The summed E-state index contributed by atoms with van der Waals surface area (Å²) in [5, 5.41) is 16.7. The number of carboxylic acid groups (broad SMARTS) is 1. The number of ether oxygens (including phenoxy) is 1. The molecule has 0 unspecified atom stereocenters. The van der Waals surface area contributed by atoms with E-state index in [1.807, 2.05) is 0 Å². The number of aromatic nitrogens is 3. The minimum atomic E-state index is -1.00. The van der Waals surface area contributed by atoms with Crippen LogP contribution in [0.15, 0.2) is 30.6 Å². The van der Waals surface area contributed by atoms with E-state index in [9.17, 15) is 4.79 Å². The fraction of sp³-hybridized carbons (Fsp3) is 0.100. The Hall–Kier alpha value is -2.37. The molecule has 2 aromatic rings. The molecule has 0 saturated carbocycles. The molecule has 0 bridgehead atoms. The minimum absolute atomic E-state index is 0.160. The van der Waals surface area contributed by atoms with Gasteiger partial charge in [0.25, 0.3) is 0 Å². The van der Waals surface area contributed by atoms with E-state index in [0.717, 1.165) is 0 Å². The Kier molecular flexibility index (Phi) is 2.55. The molecule has 0 aliphatic heterocycles. The largest absolute Gasteiger partial charge is 0.494 e. The van der Waals surface area contributed by atoms with Crippen LogP contribution in [-0.2, 0) is 0 Å². The quantitative estimate of drug-likeness (QED) is 0.832. The van der Waals surface area contributed by atoms with E-state index < -0.39 is 5.97 Å². The van der Waals surface area contributed by atoms with Crippen molar-refractivity contribution in [3.8, 4) is 11.4 Å². The van der Waals surface area contributed by atoms with Gasteiger partial charge in [-0.3, -0.25) is 0 Å². The Balaban J connectivity index is 2.51. The zero-order chi connectivity index (χ0) is 11.5. The highest BCUT2D eigenvalue weighted by Crippen LogP contribution is 2.22. The molecule has 6 nitrogen and oxygen atoms in total. The molecule has 1 aromatic carbocycles. The molecule has 0 spiro atoms. The third kappa shape index (κ3) is 1.72. The van der Waals surface area contributed by atoms with Gasteiger partial charge in [-0.05, 0) is 18.2 Å². The van der Waals surface area contributed by atoms with Gasteiger partial charge in [-0.15, -0.1) is 4.80 Å². The van der Waals surface area contributed by atoms with Gasteiger partial charge in [0, 0.05) is 0 Å². The van der Waals surface area contributed by atoms with Crippen molar-refractivity contribution >= 4 is 5.97 Å². The molecule has 1 heterocycles. The maximum atomic E-state index is 10.8. The molecule has 0 fully saturated rings. The number of nitrogens with zero attached hydrogens (tertiary/aromatic N) is 3. The monoisotopic (exact) mass is 219 g/mol. The Labute approximate surface area is 91.1 Å². The first-order valence-electron chi connectivity index (χ1n) is 4.50. The predicted molar refractivity (Wildman–Crippen MR) is 54.9 cm³/mol. The summed E-state index contributed by atoms with van der Waals surface area (Å²) in [6.45, 7) is 0. The van der Waals surface area contributed by atoms with E-state index >= 15 is 0 Å². The van der Waals surface area contributed by atoms with E-state index in [4.69, 9.17) is 9.84 Å². The second kappa shape index (κ2) is 4.01. The average molecular weight is 219 g/mol. The molecule has 1 aromatic heterocycles. The lowest BCUT2D eigenvalue weighted by Gasteiger charge is -2.07. The molecule has 0 aliphatic rings. The highest BCUT2D eigenvalue weighted by Gasteiger charge is 2.10. The van der Waals surface area contributed by atoms with Gasteiger partial charge in [-0.2, -0.15) is 10.2 Å². The highest BCUT2D eigenvalue weighted by atomic mass is 16.5. The predicted octanol–water partition coefficient (Wildman–Crippen LogP) is 0.974. The van der Waals surface area contributed by atoms with Crippen LogP contribution in [0.25, 0.3) is 5.69 Å². The van der Waals surface area contributed by atoms with Crippen molar-refractivity contribution in [2.45, 2.75) is 0 Å². The lowest BCUT2D eigenvalue weighted by Crippen LogP contribution is -2.04. The first-order chi connectivity index (χ1) is 7.72. The topological polar surface area (TPSA) is 77.2 Å². The van der Waals surface area contributed by atoms with Crippen LogP contribution in [0.2, 0.25) is 0 Å². The van der Waals surface area contributed by atoms with Crippen LogP contribution >= 0.6 is 0 Å². The molecule has 0 amide bonds. The van der Waals surface area contributed by atoms with Gasteiger partial charge in [0.05, 0.1) is 25.1 Å². The molecule has 0 atom stereocenters. The first-order valence-corrected chi connectivity index (χ1v) is 4.50. The fourth-order valence-electron chi connectivity index (χ4n) is 1.32. The molecule has 0 saturated heterocycles. The standard InChI is InChI=1S/C10H9N3O3/c1-16-9-6-7(10(14)15)2-3-8(9)13-11-4-5-12-13/h2-6H,1H3,(H,14,15). The summed E-state index contributed by atoms with van der Waals surface area (Å²) < 4.78 is 5.10.